The number of nitrogens with one attached hydrogen (secondary N) is 1. The van der Waals surface area contributed by atoms with Gasteiger partial charge in [-0.2, -0.15) is 0 Å². The second kappa shape index (κ2) is 12.7. The Balaban J connectivity index is 2.16. The molecule has 170 valence electrons. The summed E-state index contributed by atoms with van der Waals surface area (Å²) < 4.78 is 23.5. The van der Waals surface area contributed by atoms with E-state index >= 15 is 0 Å². The van der Waals surface area contributed by atoms with Gasteiger partial charge in [0.2, 0.25) is 7.37 Å². The summed E-state index contributed by atoms with van der Waals surface area (Å²) in [6.07, 6.45) is 4.15. The van der Waals surface area contributed by atoms with Gasteiger partial charge >= 0.3 is 12.1 Å². The Morgan fingerprint density at radius 3 is 2.22 bits per heavy atom. The third-order valence-electron chi connectivity index (χ3n) is 4.72. The molecule has 0 aromatic heterocycles. The molecule has 2 rings (SSSR count). The highest BCUT2D eigenvalue weighted by Gasteiger charge is 2.37. The van der Waals surface area contributed by atoms with Gasteiger partial charge in [0.1, 0.15) is 12.4 Å². The number of ether oxygens (including phenoxy) is 2. The lowest BCUT2D eigenvalue weighted by Gasteiger charge is -2.26. The van der Waals surface area contributed by atoms with Crippen LogP contribution in [0.2, 0.25) is 0 Å². The number of benzene rings is 2. The average molecular weight is 457 g/mol. The Kier molecular flexibility index (Phi) is 10.0. The third kappa shape index (κ3) is 8.22. The number of carbonyl (C=O) groups is 2. The quantitative estimate of drug-likeness (QED) is 0.301. The fourth-order valence-electron chi connectivity index (χ4n) is 3.10. The molecular formula is C24H28NO6P. The topological polar surface area (TPSA) is 102 Å². The van der Waals surface area contributed by atoms with E-state index in [-0.39, 0.29) is 26.1 Å². The summed E-state index contributed by atoms with van der Waals surface area (Å²) in [5.41, 5.74) is 1.53. The SMILES string of the molecule is C#CCC(CP(=O)(O)[C@H](Cc1ccccc1)NC(=O)OCc1ccccc1)C(=O)OCC. The molecule has 0 saturated carbocycles. The summed E-state index contributed by atoms with van der Waals surface area (Å²) >= 11 is 0. The molecule has 32 heavy (non-hydrogen) atoms. The van der Waals surface area contributed by atoms with Crippen LogP contribution in [-0.2, 0) is 31.9 Å². The van der Waals surface area contributed by atoms with Gasteiger partial charge in [0.05, 0.1) is 12.5 Å². The van der Waals surface area contributed by atoms with Gasteiger partial charge in [-0.1, -0.05) is 60.7 Å². The molecule has 0 fully saturated rings. The van der Waals surface area contributed by atoms with E-state index in [0.717, 1.165) is 11.1 Å². The highest BCUT2D eigenvalue weighted by atomic mass is 31.2. The molecule has 2 unspecified atom stereocenters. The summed E-state index contributed by atoms with van der Waals surface area (Å²) in [6, 6.07) is 18.1. The Bertz CT molecular complexity index is 957. The maximum Gasteiger partial charge on any atom is 0.408 e. The summed E-state index contributed by atoms with van der Waals surface area (Å²) in [5, 5.41) is 2.52. The smallest absolute Gasteiger partial charge is 0.408 e. The second-order valence-electron chi connectivity index (χ2n) is 7.21. The Morgan fingerprint density at radius 2 is 1.66 bits per heavy atom. The average Bonchev–Trinajstić information content (AvgIpc) is 2.78. The summed E-state index contributed by atoms with van der Waals surface area (Å²) in [7, 11) is -4.09. The summed E-state index contributed by atoms with van der Waals surface area (Å²) in [5.74, 6) is -0.394. The van der Waals surface area contributed by atoms with Crippen molar-refractivity contribution in [2.45, 2.75) is 32.2 Å². The fraction of sp³-hybridized carbons (Fsp3) is 0.333. The molecule has 3 atom stereocenters. The van der Waals surface area contributed by atoms with E-state index in [4.69, 9.17) is 15.9 Å². The molecule has 0 bridgehead atoms. The number of terminal acetylenes is 1. The van der Waals surface area contributed by atoms with E-state index in [9.17, 15) is 19.0 Å². The van der Waals surface area contributed by atoms with Crippen LogP contribution in [0.15, 0.2) is 60.7 Å². The van der Waals surface area contributed by atoms with Crippen LogP contribution in [-0.4, -0.2) is 35.5 Å². The fourth-order valence-corrected chi connectivity index (χ4v) is 5.07. The van der Waals surface area contributed by atoms with Crippen LogP contribution in [0.5, 0.6) is 0 Å². The molecule has 2 N–H and O–H groups in total. The largest absolute Gasteiger partial charge is 0.466 e. The van der Waals surface area contributed by atoms with Crippen molar-refractivity contribution in [3.63, 3.8) is 0 Å². The molecule has 0 spiro atoms. The molecule has 8 heteroatoms. The Hall–Kier alpha value is -3.07. The highest BCUT2D eigenvalue weighted by Crippen LogP contribution is 2.48. The van der Waals surface area contributed by atoms with Crippen LogP contribution in [0.4, 0.5) is 4.79 Å². The number of alkyl carbamates (subject to hydrolysis) is 1. The molecule has 0 saturated heterocycles. The van der Waals surface area contributed by atoms with Crippen molar-refractivity contribution in [3.8, 4) is 12.3 Å². The number of esters is 1. The first-order valence-electron chi connectivity index (χ1n) is 10.3. The summed E-state index contributed by atoms with van der Waals surface area (Å²) in [6.45, 7) is 1.79. The van der Waals surface area contributed by atoms with Crippen LogP contribution in [0, 0.1) is 18.3 Å². The lowest BCUT2D eigenvalue weighted by molar-refractivity contribution is -0.147. The number of carbonyl (C=O) groups excluding carboxylic acids is 2. The van der Waals surface area contributed by atoms with Crippen molar-refractivity contribution >= 4 is 19.4 Å². The van der Waals surface area contributed by atoms with Crippen molar-refractivity contribution in [2.75, 3.05) is 12.8 Å². The maximum absolute atomic E-state index is 13.3. The lowest BCUT2D eigenvalue weighted by Crippen LogP contribution is -2.38. The Labute approximate surface area is 188 Å². The van der Waals surface area contributed by atoms with E-state index in [2.05, 4.69) is 11.2 Å². The first-order chi connectivity index (χ1) is 15.4. The van der Waals surface area contributed by atoms with E-state index in [1.807, 2.05) is 24.3 Å². The summed E-state index contributed by atoms with van der Waals surface area (Å²) in [4.78, 5) is 35.5. The second-order valence-corrected chi connectivity index (χ2v) is 9.71. The van der Waals surface area contributed by atoms with Crippen LogP contribution < -0.4 is 5.32 Å². The van der Waals surface area contributed by atoms with Gasteiger partial charge in [-0.15, -0.1) is 12.3 Å². The molecule has 2 aromatic carbocycles. The third-order valence-corrected chi connectivity index (χ3v) is 6.97. The normalized spacial score (nSPS) is 14.3. The Morgan fingerprint density at radius 1 is 1.06 bits per heavy atom. The molecular weight excluding hydrogens is 429 g/mol. The number of amides is 1. The van der Waals surface area contributed by atoms with Crippen LogP contribution in [0.3, 0.4) is 0 Å². The first kappa shape index (κ1) is 25.2. The van der Waals surface area contributed by atoms with Gasteiger partial charge in [-0.25, -0.2) is 4.79 Å². The zero-order valence-electron chi connectivity index (χ0n) is 18.0. The standard InChI is InChI=1S/C24H28NO6P/c1-3-11-21(23(26)30-4-2)18-32(28,29)22(16-19-12-7-5-8-13-19)25-24(27)31-17-20-14-9-6-10-15-20/h1,5-10,12-15,21-22H,4,11,16-18H2,2H3,(H,25,27)(H,28,29)/t21?,22-/m1/s1. The molecule has 7 nitrogen and oxygen atoms in total. The molecule has 0 radical (unpaired) electrons. The van der Waals surface area contributed by atoms with Crippen molar-refractivity contribution < 1.29 is 28.5 Å². The van der Waals surface area contributed by atoms with Crippen molar-refractivity contribution in [3.05, 3.63) is 71.8 Å². The highest BCUT2D eigenvalue weighted by molar-refractivity contribution is 7.58. The molecule has 2 aromatic rings. The lowest BCUT2D eigenvalue weighted by atomic mass is 10.1. The van der Waals surface area contributed by atoms with Crippen molar-refractivity contribution in [1.82, 2.24) is 5.32 Å². The molecule has 0 aliphatic carbocycles. The van der Waals surface area contributed by atoms with Crippen LogP contribution >= 0.6 is 7.37 Å². The van der Waals surface area contributed by atoms with Gasteiger partial charge < -0.3 is 19.7 Å². The van der Waals surface area contributed by atoms with Gasteiger partial charge in [-0.05, 0) is 18.1 Å². The molecule has 0 aliphatic heterocycles. The minimum atomic E-state index is -4.09. The van der Waals surface area contributed by atoms with E-state index in [1.165, 1.54) is 0 Å². The maximum atomic E-state index is 13.3. The number of rotatable bonds is 11. The minimum absolute atomic E-state index is 0.0169. The van der Waals surface area contributed by atoms with Crippen LogP contribution in [0.25, 0.3) is 0 Å². The van der Waals surface area contributed by atoms with E-state index in [1.54, 1.807) is 43.3 Å². The predicted octanol–water partition coefficient (Wildman–Crippen LogP) is 3.95. The van der Waals surface area contributed by atoms with Crippen LogP contribution in [0.1, 0.15) is 24.5 Å². The first-order valence-corrected chi connectivity index (χ1v) is 12.2. The number of hydrogen-bond donors (Lipinski definition) is 2. The molecule has 0 heterocycles. The zero-order chi connectivity index (χ0) is 23.4. The van der Waals surface area contributed by atoms with Gasteiger partial charge in [-0.3, -0.25) is 9.36 Å². The van der Waals surface area contributed by atoms with Crippen molar-refractivity contribution in [2.24, 2.45) is 5.92 Å². The zero-order valence-corrected chi connectivity index (χ0v) is 18.9. The molecule has 1 amide bonds. The van der Waals surface area contributed by atoms with Gasteiger partial charge in [0.15, 0.2) is 0 Å². The van der Waals surface area contributed by atoms with E-state index in [0.29, 0.717) is 0 Å². The van der Waals surface area contributed by atoms with E-state index < -0.39 is 37.3 Å². The minimum Gasteiger partial charge on any atom is -0.466 e. The van der Waals surface area contributed by atoms with Gasteiger partial charge in [0, 0.05) is 19.0 Å². The van der Waals surface area contributed by atoms with Crippen molar-refractivity contribution in [1.29, 1.82) is 0 Å². The van der Waals surface area contributed by atoms with Gasteiger partial charge in [0.25, 0.3) is 0 Å². The number of hydrogen-bond acceptors (Lipinski definition) is 5. The monoisotopic (exact) mass is 457 g/mol. The molecule has 0 aliphatic rings. The predicted molar refractivity (Wildman–Crippen MR) is 122 cm³/mol.